The van der Waals surface area contributed by atoms with E-state index in [0.717, 1.165) is 0 Å². The molecule has 0 aromatic carbocycles. The molecule has 0 saturated carbocycles. The van der Waals surface area contributed by atoms with Gasteiger partial charge in [-0.3, -0.25) is 0 Å². The molecule has 46 valence electrons. The molecule has 8 heavy (non-hydrogen) atoms. The predicted octanol–water partition coefficient (Wildman–Crippen LogP) is -0.482. The van der Waals surface area contributed by atoms with Gasteiger partial charge in [-0.25, -0.2) is 9.79 Å². The fraction of sp³-hybridized carbons (Fsp3) is 0.500. The predicted molar refractivity (Wildman–Crippen MR) is 29.8 cm³/mol. The Bertz CT molecular complexity index is 100. The van der Waals surface area contributed by atoms with Gasteiger partial charge in [0, 0.05) is 19.2 Å². The molecule has 0 spiro atoms. The number of aliphatic hydroxyl groups excluding tert-OH is 1. The van der Waals surface area contributed by atoms with Crippen LogP contribution in [0.2, 0.25) is 0 Å². The Kier molecular flexibility index (Phi) is 3.78. The van der Waals surface area contributed by atoms with Crippen LogP contribution in [0.4, 0.5) is 4.79 Å². The maximum atomic E-state index is 9.82. The molecule has 0 bridgehead atoms. The maximum Gasteiger partial charge on any atom is 0.337 e. The number of aliphatic hydroxyl groups is 1. The van der Waals surface area contributed by atoms with Crippen LogP contribution in [0.5, 0.6) is 0 Å². The normalized spacial score (nSPS) is 10.1. The number of primary amides is 1. The summed E-state index contributed by atoms with van der Waals surface area (Å²) in [5.74, 6) is 0. The third-order valence-corrected chi connectivity index (χ3v) is 0.477. The molecule has 0 heterocycles. The molecule has 0 aliphatic carbocycles. The number of carbonyl (C=O) groups is 1. The minimum absolute atomic E-state index is 0.00319. The summed E-state index contributed by atoms with van der Waals surface area (Å²) in [6.07, 6.45) is 1.66. The van der Waals surface area contributed by atoms with E-state index in [-0.39, 0.29) is 6.61 Å². The van der Waals surface area contributed by atoms with Crippen molar-refractivity contribution < 1.29 is 9.90 Å². The van der Waals surface area contributed by atoms with Crippen molar-refractivity contribution in [1.29, 1.82) is 0 Å². The smallest absolute Gasteiger partial charge is 0.337 e. The second-order valence-electron chi connectivity index (χ2n) is 1.16. The lowest BCUT2D eigenvalue weighted by Crippen LogP contribution is -2.04. The Morgan fingerprint density at radius 2 is 2.50 bits per heavy atom. The number of hydrogen-bond acceptors (Lipinski definition) is 2. The molecule has 0 fully saturated rings. The first-order valence-electron chi connectivity index (χ1n) is 2.20. The molecule has 2 amide bonds. The fourth-order valence-electron chi connectivity index (χ4n) is 0.212. The number of nitrogens with zero attached hydrogens (tertiary/aromatic N) is 1. The van der Waals surface area contributed by atoms with Gasteiger partial charge in [-0.05, 0) is 0 Å². The van der Waals surface area contributed by atoms with Crippen molar-refractivity contribution in [3.05, 3.63) is 0 Å². The minimum atomic E-state index is -0.724. The first-order valence-corrected chi connectivity index (χ1v) is 2.20. The number of aliphatic imine (C=N–C) groups is 1. The van der Waals surface area contributed by atoms with Gasteiger partial charge in [0.25, 0.3) is 0 Å². The van der Waals surface area contributed by atoms with Crippen molar-refractivity contribution in [2.45, 2.75) is 6.42 Å². The van der Waals surface area contributed by atoms with Crippen molar-refractivity contribution in [3.63, 3.8) is 0 Å². The highest BCUT2D eigenvalue weighted by Gasteiger charge is 1.79. The first-order chi connectivity index (χ1) is 3.77. The summed E-state index contributed by atoms with van der Waals surface area (Å²) in [6.45, 7) is -0.00319. The Morgan fingerprint density at radius 1 is 1.88 bits per heavy atom. The first kappa shape index (κ1) is 7.10. The number of urea groups is 1. The molecule has 4 heteroatoms. The van der Waals surface area contributed by atoms with Crippen molar-refractivity contribution in [2.75, 3.05) is 6.61 Å². The van der Waals surface area contributed by atoms with E-state index in [1.54, 1.807) is 0 Å². The largest absolute Gasteiger partial charge is 0.396 e. The molecule has 0 aliphatic rings. The van der Waals surface area contributed by atoms with Crippen LogP contribution in [0.1, 0.15) is 6.42 Å². The standard InChI is InChI=1S/C4H8N2O2/c5-4(8)6-2-1-3-7/h2,7H,1,3H2,(H2,5,8). The van der Waals surface area contributed by atoms with Crippen molar-refractivity contribution >= 4 is 12.2 Å². The molecule has 4 nitrogen and oxygen atoms in total. The van der Waals surface area contributed by atoms with E-state index in [2.05, 4.69) is 10.7 Å². The fourth-order valence-corrected chi connectivity index (χ4v) is 0.212. The van der Waals surface area contributed by atoms with Crippen LogP contribution in [0.25, 0.3) is 0 Å². The van der Waals surface area contributed by atoms with E-state index in [4.69, 9.17) is 5.11 Å². The van der Waals surface area contributed by atoms with Gasteiger partial charge < -0.3 is 10.8 Å². The van der Waals surface area contributed by atoms with Gasteiger partial charge >= 0.3 is 6.03 Å². The van der Waals surface area contributed by atoms with Crippen LogP contribution in [-0.4, -0.2) is 24.0 Å². The molecular weight excluding hydrogens is 108 g/mol. The molecule has 0 unspecified atom stereocenters. The Hall–Kier alpha value is -0.900. The highest BCUT2D eigenvalue weighted by atomic mass is 16.3. The Balaban J connectivity index is 3.20. The average molecular weight is 116 g/mol. The van der Waals surface area contributed by atoms with Gasteiger partial charge in [0.15, 0.2) is 0 Å². The maximum absolute atomic E-state index is 9.82. The average Bonchev–Trinajstić information content (AvgIpc) is 1.66. The van der Waals surface area contributed by atoms with E-state index in [1.807, 2.05) is 0 Å². The monoisotopic (exact) mass is 116 g/mol. The molecule has 0 rings (SSSR count). The zero-order valence-electron chi connectivity index (χ0n) is 4.37. The van der Waals surface area contributed by atoms with E-state index in [9.17, 15) is 4.79 Å². The van der Waals surface area contributed by atoms with E-state index in [0.29, 0.717) is 6.42 Å². The quantitative estimate of drug-likeness (QED) is 0.478. The molecule has 3 N–H and O–H groups in total. The lowest BCUT2D eigenvalue weighted by molar-refractivity contribution is 0.256. The summed E-state index contributed by atoms with van der Waals surface area (Å²) >= 11 is 0. The minimum Gasteiger partial charge on any atom is -0.396 e. The highest BCUT2D eigenvalue weighted by molar-refractivity contribution is 5.81. The summed E-state index contributed by atoms with van der Waals surface area (Å²) in [6, 6.07) is -0.724. The van der Waals surface area contributed by atoms with Crippen molar-refractivity contribution in [1.82, 2.24) is 0 Å². The Morgan fingerprint density at radius 3 is 2.88 bits per heavy atom. The number of hydrogen-bond donors (Lipinski definition) is 2. The van der Waals surface area contributed by atoms with Gasteiger partial charge in [0.1, 0.15) is 0 Å². The lowest BCUT2D eigenvalue weighted by atomic mass is 10.5. The molecule has 0 radical (unpaired) electrons. The topological polar surface area (TPSA) is 75.7 Å². The third-order valence-electron chi connectivity index (χ3n) is 0.477. The van der Waals surface area contributed by atoms with Gasteiger partial charge in [0.2, 0.25) is 0 Å². The number of rotatable bonds is 2. The zero-order valence-corrected chi connectivity index (χ0v) is 4.37. The van der Waals surface area contributed by atoms with Crippen LogP contribution in [-0.2, 0) is 0 Å². The third kappa shape index (κ3) is 5.10. The van der Waals surface area contributed by atoms with E-state index in [1.165, 1.54) is 6.21 Å². The summed E-state index contributed by atoms with van der Waals surface area (Å²) in [5.41, 5.74) is 4.61. The summed E-state index contributed by atoms with van der Waals surface area (Å²) in [7, 11) is 0. The SMILES string of the molecule is NC(=O)N=CCCO. The second kappa shape index (κ2) is 4.26. The van der Waals surface area contributed by atoms with Crippen molar-refractivity contribution in [3.8, 4) is 0 Å². The van der Waals surface area contributed by atoms with Gasteiger partial charge in [-0.2, -0.15) is 0 Å². The summed E-state index contributed by atoms with van der Waals surface area (Å²) < 4.78 is 0. The van der Waals surface area contributed by atoms with Gasteiger partial charge in [-0.1, -0.05) is 0 Å². The summed E-state index contributed by atoms with van der Waals surface area (Å²) in [4.78, 5) is 13.0. The number of nitrogens with two attached hydrogens (primary N) is 1. The molecule has 0 aromatic rings. The summed E-state index contributed by atoms with van der Waals surface area (Å²) in [5, 5.41) is 8.14. The number of carbonyl (C=O) groups excluding carboxylic acids is 1. The molecular formula is C4H8N2O2. The van der Waals surface area contributed by atoms with Crippen LogP contribution in [0.15, 0.2) is 4.99 Å². The second-order valence-corrected chi connectivity index (χ2v) is 1.16. The van der Waals surface area contributed by atoms with Gasteiger partial charge in [-0.15, -0.1) is 0 Å². The van der Waals surface area contributed by atoms with Crippen LogP contribution < -0.4 is 5.73 Å². The molecule has 0 aliphatic heterocycles. The van der Waals surface area contributed by atoms with Gasteiger partial charge in [0.05, 0.1) is 0 Å². The molecule has 0 saturated heterocycles. The zero-order chi connectivity index (χ0) is 6.41. The van der Waals surface area contributed by atoms with E-state index >= 15 is 0 Å². The van der Waals surface area contributed by atoms with Crippen LogP contribution in [0.3, 0.4) is 0 Å². The molecule has 0 atom stereocenters. The van der Waals surface area contributed by atoms with Crippen molar-refractivity contribution in [2.24, 2.45) is 10.7 Å². The van der Waals surface area contributed by atoms with E-state index < -0.39 is 6.03 Å². The Labute approximate surface area is 47.0 Å². The number of amides is 2. The van der Waals surface area contributed by atoms with Crippen LogP contribution >= 0.6 is 0 Å². The highest BCUT2D eigenvalue weighted by Crippen LogP contribution is 1.69. The van der Waals surface area contributed by atoms with Crippen LogP contribution in [0, 0.1) is 0 Å². The lowest BCUT2D eigenvalue weighted by Gasteiger charge is -1.80. The molecule has 0 aromatic heterocycles.